The van der Waals surface area contributed by atoms with Gasteiger partial charge in [-0.1, -0.05) is 32.4 Å². The first kappa shape index (κ1) is 10.7. The fourth-order valence-electron chi connectivity index (χ4n) is 3.15. The summed E-state index contributed by atoms with van der Waals surface area (Å²) in [6, 6.07) is 0. The van der Waals surface area contributed by atoms with E-state index in [1.165, 1.54) is 12.0 Å². The zero-order valence-electron chi connectivity index (χ0n) is 9.79. The van der Waals surface area contributed by atoms with Gasteiger partial charge in [-0.15, -0.1) is 0 Å². The highest BCUT2D eigenvalue weighted by Gasteiger charge is 2.51. The van der Waals surface area contributed by atoms with E-state index in [1.807, 2.05) is 0 Å². The van der Waals surface area contributed by atoms with Crippen LogP contribution in [0.2, 0.25) is 0 Å². The number of fused-ring (bicyclic) bond motifs is 1. The minimum Gasteiger partial charge on any atom is -0.481 e. The molecule has 0 spiro atoms. The van der Waals surface area contributed by atoms with Crippen LogP contribution in [0.15, 0.2) is 11.6 Å². The van der Waals surface area contributed by atoms with E-state index >= 15 is 0 Å². The van der Waals surface area contributed by atoms with Gasteiger partial charge in [0.15, 0.2) is 0 Å². The van der Waals surface area contributed by atoms with Crippen LogP contribution in [-0.4, -0.2) is 11.1 Å². The minimum atomic E-state index is -0.671. The van der Waals surface area contributed by atoms with Crippen molar-refractivity contribution >= 4 is 5.97 Å². The number of aliphatic carboxylic acids is 1. The van der Waals surface area contributed by atoms with Crippen LogP contribution >= 0.6 is 0 Å². The molecule has 3 unspecified atom stereocenters. The number of hydrogen-bond donors (Lipinski definition) is 1. The van der Waals surface area contributed by atoms with E-state index in [2.05, 4.69) is 19.9 Å². The highest BCUT2D eigenvalue weighted by atomic mass is 16.4. The molecular weight excluding hydrogens is 188 g/mol. The zero-order valence-corrected chi connectivity index (χ0v) is 9.79. The standard InChI is InChI=1S/C13H20O2/c1-8(12(14)15)6-9-4-5-10-7-11(9)13(10,2)3/h4,8,10-11H,5-7H2,1-3H3,(H,14,15). The summed E-state index contributed by atoms with van der Waals surface area (Å²) < 4.78 is 0. The number of allylic oxidation sites excluding steroid dienone is 2. The molecule has 1 fully saturated rings. The van der Waals surface area contributed by atoms with E-state index in [1.54, 1.807) is 6.92 Å². The summed E-state index contributed by atoms with van der Waals surface area (Å²) in [7, 11) is 0. The van der Waals surface area contributed by atoms with Gasteiger partial charge in [0, 0.05) is 0 Å². The summed E-state index contributed by atoms with van der Waals surface area (Å²) in [4.78, 5) is 10.8. The second kappa shape index (κ2) is 3.36. The van der Waals surface area contributed by atoms with Crippen molar-refractivity contribution < 1.29 is 9.90 Å². The van der Waals surface area contributed by atoms with Crippen molar-refractivity contribution in [3.05, 3.63) is 11.6 Å². The highest BCUT2D eigenvalue weighted by molar-refractivity contribution is 5.69. The summed E-state index contributed by atoms with van der Waals surface area (Å²) in [5.74, 6) is 0.587. The van der Waals surface area contributed by atoms with Crippen molar-refractivity contribution in [2.24, 2.45) is 23.2 Å². The van der Waals surface area contributed by atoms with Crippen molar-refractivity contribution in [1.29, 1.82) is 0 Å². The van der Waals surface area contributed by atoms with Crippen molar-refractivity contribution in [2.45, 2.75) is 40.0 Å². The Bertz CT molecular complexity index is 314. The van der Waals surface area contributed by atoms with Crippen molar-refractivity contribution in [1.82, 2.24) is 0 Å². The van der Waals surface area contributed by atoms with Gasteiger partial charge in [-0.3, -0.25) is 4.79 Å². The van der Waals surface area contributed by atoms with Crippen molar-refractivity contribution in [3.8, 4) is 0 Å². The van der Waals surface area contributed by atoms with Gasteiger partial charge < -0.3 is 5.11 Å². The van der Waals surface area contributed by atoms with E-state index in [-0.39, 0.29) is 5.92 Å². The van der Waals surface area contributed by atoms with Crippen LogP contribution in [-0.2, 0) is 4.79 Å². The predicted molar refractivity (Wildman–Crippen MR) is 59.5 cm³/mol. The molecule has 1 N–H and O–H groups in total. The molecule has 3 aliphatic carbocycles. The molecular formula is C13H20O2. The first-order chi connectivity index (χ1) is 6.93. The lowest BCUT2D eigenvalue weighted by Gasteiger charge is -2.56. The molecule has 0 heterocycles. The molecule has 3 atom stereocenters. The lowest BCUT2D eigenvalue weighted by molar-refractivity contribution is -0.141. The third-order valence-corrected chi connectivity index (χ3v) is 4.55. The second-order valence-corrected chi connectivity index (χ2v) is 5.76. The van der Waals surface area contributed by atoms with Crippen LogP contribution in [0.5, 0.6) is 0 Å². The molecule has 84 valence electrons. The molecule has 0 radical (unpaired) electrons. The molecule has 0 amide bonds. The number of carboxylic acid groups (broad SMARTS) is 1. The van der Waals surface area contributed by atoms with E-state index < -0.39 is 5.97 Å². The molecule has 3 rings (SSSR count). The van der Waals surface area contributed by atoms with E-state index in [0.29, 0.717) is 11.3 Å². The van der Waals surface area contributed by atoms with Crippen LogP contribution in [0, 0.1) is 23.2 Å². The summed E-state index contributed by atoms with van der Waals surface area (Å²) in [5, 5.41) is 8.91. The van der Waals surface area contributed by atoms with Crippen molar-refractivity contribution in [3.63, 3.8) is 0 Å². The molecule has 3 aliphatic rings. The Balaban J connectivity index is 2.05. The summed E-state index contributed by atoms with van der Waals surface area (Å²) in [6.45, 7) is 6.45. The van der Waals surface area contributed by atoms with Gasteiger partial charge in [0.1, 0.15) is 0 Å². The summed E-state index contributed by atoms with van der Waals surface area (Å²) in [5.41, 5.74) is 1.82. The van der Waals surface area contributed by atoms with Crippen LogP contribution in [0.25, 0.3) is 0 Å². The van der Waals surface area contributed by atoms with Gasteiger partial charge in [0.25, 0.3) is 0 Å². The molecule has 0 aromatic carbocycles. The third kappa shape index (κ3) is 1.60. The maximum atomic E-state index is 10.8. The van der Waals surface area contributed by atoms with Gasteiger partial charge >= 0.3 is 5.97 Å². The lowest BCUT2D eigenvalue weighted by Crippen LogP contribution is -2.48. The molecule has 2 heteroatoms. The molecule has 0 saturated heterocycles. The second-order valence-electron chi connectivity index (χ2n) is 5.76. The minimum absolute atomic E-state index is 0.232. The first-order valence-corrected chi connectivity index (χ1v) is 5.84. The third-order valence-electron chi connectivity index (χ3n) is 4.55. The zero-order chi connectivity index (χ0) is 11.2. The van der Waals surface area contributed by atoms with Gasteiger partial charge in [0.2, 0.25) is 0 Å². The predicted octanol–water partition coefficient (Wildman–Crippen LogP) is 3.09. The number of carbonyl (C=O) groups is 1. The van der Waals surface area contributed by atoms with Crippen LogP contribution in [0.3, 0.4) is 0 Å². The lowest BCUT2D eigenvalue weighted by atomic mass is 9.48. The molecule has 1 saturated carbocycles. The van der Waals surface area contributed by atoms with E-state index in [4.69, 9.17) is 5.11 Å². The number of hydrogen-bond acceptors (Lipinski definition) is 1. The average molecular weight is 208 g/mol. The summed E-state index contributed by atoms with van der Waals surface area (Å²) >= 11 is 0. The Kier molecular flexibility index (Phi) is 2.40. The van der Waals surface area contributed by atoms with Gasteiger partial charge in [-0.2, -0.15) is 0 Å². The molecule has 2 bridgehead atoms. The van der Waals surface area contributed by atoms with Gasteiger partial charge in [-0.25, -0.2) is 0 Å². The normalized spacial score (nSPS) is 33.9. The van der Waals surface area contributed by atoms with Crippen LogP contribution in [0.4, 0.5) is 0 Å². The van der Waals surface area contributed by atoms with Crippen molar-refractivity contribution in [2.75, 3.05) is 0 Å². The Morgan fingerprint density at radius 3 is 2.80 bits per heavy atom. The Labute approximate surface area is 91.4 Å². The average Bonchev–Trinajstić information content (AvgIpc) is 2.17. The molecule has 2 nitrogen and oxygen atoms in total. The number of carboxylic acids is 1. The monoisotopic (exact) mass is 208 g/mol. The number of rotatable bonds is 3. The topological polar surface area (TPSA) is 37.3 Å². The van der Waals surface area contributed by atoms with Crippen LogP contribution < -0.4 is 0 Å². The Morgan fingerprint density at radius 2 is 2.33 bits per heavy atom. The summed E-state index contributed by atoms with van der Waals surface area (Å²) in [6.07, 6.45) is 5.48. The Hall–Kier alpha value is -0.790. The van der Waals surface area contributed by atoms with E-state index in [9.17, 15) is 4.79 Å². The Morgan fingerprint density at radius 1 is 1.67 bits per heavy atom. The molecule has 15 heavy (non-hydrogen) atoms. The molecule has 0 aromatic rings. The quantitative estimate of drug-likeness (QED) is 0.724. The smallest absolute Gasteiger partial charge is 0.306 e. The molecule has 0 aromatic heterocycles. The van der Waals surface area contributed by atoms with Crippen LogP contribution in [0.1, 0.15) is 40.0 Å². The largest absolute Gasteiger partial charge is 0.481 e. The van der Waals surface area contributed by atoms with E-state index in [0.717, 1.165) is 18.8 Å². The van der Waals surface area contributed by atoms with Gasteiger partial charge in [-0.05, 0) is 36.5 Å². The highest BCUT2D eigenvalue weighted by Crippen LogP contribution is 2.60. The maximum Gasteiger partial charge on any atom is 0.306 e. The molecule has 0 aliphatic heterocycles. The fraction of sp³-hybridized carbons (Fsp3) is 0.769. The first-order valence-electron chi connectivity index (χ1n) is 5.84. The maximum absolute atomic E-state index is 10.8. The van der Waals surface area contributed by atoms with Gasteiger partial charge in [0.05, 0.1) is 5.92 Å². The SMILES string of the molecule is CC(CC1=CCC2CC1C2(C)C)C(=O)O. The fourth-order valence-corrected chi connectivity index (χ4v) is 3.15.